The molecule has 1 saturated heterocycles. The highest BCUT2D eigenvalue weighted by atomic mass is 16.2. The fraction of sp³-hybridized carbons (Fsp3) is 0.452. The molecule has 3 aromatic rings. The third-order valence-corrected chi connectivity index (χ3v) is 7.95. The van der Waals surface area contributed by atoms with Gasteiger partial charge in [-0.3, -0.25) is 9.79 Å². The van der Waals surface area contributed by atoms with Gasteiger partial charge in [-0.15, -0.1) is 10.2 Å². The van der Waals surface area contributed by atoms with Gasteiger partial charge in [-0.25, -0.2) is 0 Å². The van der Waals surface area contributed by atoms with Gasteiger partial charge in [0.2, 0.25) is 11.7 Å². The molecule has 1 fully saturated rings. The van der Waals surface area contributed by atoms with Crippen molar-refractivity contribution in [2.24, 2.45) is 10.9 Å². The number of piperidine rings is 1. The SMILES string of the molecule is CCCCC1N=C(C)C(CC(=O)N2CCC(C)CC2)=CN1Cc1ccc(-c2ccccc2-c2nn[nH]n2)cc1. The van der Waals surface area contributed by atoms with Crippen LogP contribution in [0.3, 0.4) is 0 Å². The molecule has 2 aliphatic rings. The Kier molecular flexibility index (Phi) is 8.49. The first-order valence-electron chi connectivity index (χ1n) is 14.2. The van der Waals surface area contributed by atoms with Gasteiger partial charge in [0, 0.05) is 37.1 Å². The molecule has 8 nitrogen and oxygen atoms in total. The largest absolute Gasteiger partial charge is 0.351 e. The fourth-order valence-electron chi connectivity index (χ4n) is 5.44. The van der Waals surface area contributed by atoms with Crippen molar-refractivity contribution in [1.29, 1.82) is 0 Å². The van der Waals surface area contributed by atoms with Crippen LogP contribution in [-0.2, 0) is 11.3 Å². The number of aromatic nitrogens is 4. The molecule has 2 aliphatic heterocycles. The molecule has 1 aromatic heterocycles. The second-order valence-electron chi connectivity index (χ2n) is 10.9. The van der Waals surface area contributed by atoms with Crippen molar-refractivity contribution in [2.75, 3.05) is 13.1 Å². The minimum Gasteiger partial charge on any atom is -0.351 e. The number of tetrazole rings is 1. The first-order valence-corrected chi connectivity index (χ1v) is 14.2. The molecule has 1 unspecified atom stereocenters. The van der Waals surface area contributed by atoms with Crippen molar-refractivity contribution in [2.45, 2.75) is 72.0 Å². The first-order chi connectivity index (χ1) is 19.0. The monoisotopic (exact) mass is 525 g/mol. The second-order valence-corrected chi connectivity index (χ2v) is 10.9. The lowest BCUT2D eigenvalue weighted by Gasteiger charge is -2.34. The van der Waals surface area contributed by atoms with Gasteiger partial charge in [0.05, 0.1) is 6.42 Å². The van der Waals surface area contributed by atoms with E-state index in [4.69, 9.17) is 4.99 Å². The van der Waals surface area contributed by atoms with Gasteiger partial charge in [0.25, 0.3) is 0 Å². The molecule has 0 radical (unpaired) electrons. The van der Waals surface area contributed by atoms with Crippen LogP contribution in [0.4, 0.5) is 0 Å². The van der Waals surface area contributed by atoms with Gasteiger partial charge in [0.15, 0.2) is 0 Å². The number of hydrogen-bond acceptors (Lipinski definition) is 6. The van der Waals surface area contributed by atoms with E-state index in [2.05, 4.69) is 82.8 Å². The number of amides is 1. The average Bonchev–Trinajstić information content (AvgIpc) is 3.50. The van der Waals surface area contributed by atoms with Crippen LogP contribution in [0, 0.1) is 5.92 Å². The molecule has 8 heteroatoms. The molecule has 204 valence electrons. The van der Waals surface area contributed by atoms with E-state index in [0.717, 1.165) is 79.7 Å². The van der Waals surface area contributed by atoms with Gasteiger partial charge < -0.3 is 9.80 Å². The van der Waals surface area contributed by atoms with Crippen LogP contribution in [-0.4, -0.2) is 61.3 Å². The number of rotatable bonds is 9. The Balaban J connectivity index is 1.33. The summed E-state index contributed by atoms with van der Waals surface area (Å²) in [6.07, 6.45) is 8.17. The molecular formula is C31H39N7O. The van der Waals surface area contributed by atoms with E-state index in [0.29, 0.717) is 18.2 Å². The number of nitrogens with zero attached hydrogens (tertiary/aromatic N) is 6. The number of likely N-dealkylation sites (tertiary alicyclic amines) is 1. The maximum atomic E-state index is 13.1. The first kappa shape index (κ1) is 26.8. The quantitative estimate of drug-likeness (QED) is 0.378. The molecular weight excluding hydrogens is 486 g/mol. The van der Waals surface area contributed by atoms with E-state index >= 15 is 0 Å². The lowest BCUT2D eigenvalue weighted by atomic mass is 9.97. The average molecular weight is 526 g/mol. The van der Waals surface area contributed by atoms with Crippen molar-refractivity contribution < 1.29 is 4.79 Å². The summed E-state index contributed by atoms with van der Waals surface area (Å²) in [5.74, 6) is 1.51. The number of aromatic amines is 1. The number of hydrogen-bond donors (Lipinski definition) is 1. The normalized spacial score (nSPS) is 18.2. The Morgan fingerprint density at radius 3 is 2.49 bits per heavy atom. The van der Waals surface area contributed by atoms with Gasteiger partial charge in [0.1, 0.15) is 6.17 Å². The number of aliphatic imine (C=N–C) groups is 1. The van der Waals surface area contributed by atoms with E-state index in [1.165, 1.54) is 5.56 Å². The molecule has 1 amide bonds. The summed E-state index contributed by atoms with van der Waals surface area (Å²) in [5.41, 5.74) is 6.36. The van der Waals surface area contributed by atoms with Gasteiger partial charge >= 0.3 is 0 Å². The number of unbranched alkanes of at least 4 members (excludes halogenated alkanes) is 1. The highest BCUT2D eigenvalue weighted by Crippen LogP contribution is 2.31. The molecule has 39 heavy (non-hydrogen) atoms. The third-order valence-electron chi connectivity index (χ3n) is 7.95. The zero-order valence-electron chi connectivity index (χ0n) is 23.3. The highest BCUT2D eigenvalue weighted by Gasteiger charge is 2.26. The predicted molar refractivity (Wildman–Crippen MR) is 155 cm³/mol. The van der Waals surface area contributed by atoms with Crippen LogP contribution in [0.5, 0.6) is 0 Å². The summed E-state index contributed by atoms with van der Waals surface area (Å²) in [7, 11) is 0. The Hall–Kier alpha value is -3.81. The zero-order valence-corrected chi connectivity index (χ0v) is 23.3. The van der Waals surface area contributed by atoms with Crippen LogP contribution >= 0.6 is 0 Å². The molecule has 0 saturated carbocycles. The zero-order chi connectivity index (χ0) is 27.2. The minimum atomic E-state index is 0.0956. The van der Waals surface area contributed by atoms with Crippen LogP contribution < -0.4 is 0 Å². The number of carbonyl (C=O) groups is 1. The third kappa shape index (κ3) is 6.44. The molecule has 1 atom stereocenters. The van der Waals surface area contributed by atoms with E-state index in [1.807, 2.05) is 23.1 Å². The summed E-state index contributed by atoms with van der Waals surface area (Å²) < 4.78 is 0. The summed E-state index contributed by atoms with van der Waals surface area (Å²) in [4.78, 5) is 22.6. The number of H-pyrrole nitrogens is 1. The molecule has 3 heterocycles. The maximum Gasteiger partial charge on any atom is 0.227 e. The molecule has 5 rings (SSSR count). The van der Waals surface area contributed by atoms with E-state index in [-0.39, 0.29) is 12.1 Å². The van der Waals surface area contributed by atoms with Gasteiger partial charge in [-0.05, 0) is 66.0 Å². The lowest BCUT2D eigenvalue weighted by molar-refractivity contribution is -0.131. The van der Waals surface area contributed by atoms with Crippen molar-refractivity contribution >= 4 is 11.6 Å². The van der Waals surface area contributed by atoms with Crippen molar-refractivity contribution in [3.05, 3.63) is 65.9 Å². The summed E-state index contributed by atoms with van der Waals surface area (Å²) >= 11 is 0. The van der Waals surface area contributed by atoms with Crippen molar-refractivity contribution in [1.82, 2.24) is 30.4 Å². The minimum absolute atomic E-state index is 0.0956. The molecule has 0 aliphatic carbocycles. The Morgan fingerprint density at radius 1 is 1.05 bits per heavy atom. The van der Waals surface area contributed by atoms with Gasteiger partial charge in [-0.2, -0.15) is 5.21 Å². The highest BCUT2D eigenvalue weighted by molar-refractivity contribution is 6.02. The maximum absolute atomic E-state index is 13.1. The molecule has 1 N–H and O–H groups in total. The van der Waals surface area contributed by atoms with Crippen LogP contribution in [0.2, 0.25) is 0 Å². The topological polar surface area (TPSA) is 90.4 Å². The van der Waals surface area contributed by atoms with Crippen molar-refractivity contribution in [3.63, 3.8) is 0 Å². The number of carbonyl (C=O) groups excluding carboxylic acids is 1. The Labute approximate surface area is 231 Å². The predicted octanol–water partition coefficient (Wildman–Crippen LogP) is 5.86. The summed E-state index contributed by atoms with van der Waals surface area (Å²) in [6, 6.07) is 16.8. The summed E-state index contributed by atoms with van der Waals surface area (Å²) in [5, 5.41) is 14.6. The molecule has 0 spiro atoms. The number of benzene rings is 2. The Morgan fingerprint density at radius 2 is 1.79 bits per heavy atom. The molecule has 0 bridgehead atoms. The smallest absolute Gasteiger partial charge is 0.227 e. The van der Waals surface area contributed by atoms with E-state index in [1.54, 1.807) is 0 Å². The number of nitrogens with one attached hydrogen (secondary N) is 1. The molecule has 2 aromatic carbocycles. The Bertz CT molecular complexity index is 1300. The van der Waals surface area contributed by atoms with E-state index in [9.17, 15) is 4.79 Å². The van der Waals surface area contributed by atoms with Crippen LogP contribution in [0.25, 0.3) is 22.5 Å². The van der Waals surface area contributed by atoms with Crippen LogP contribution in [0.1, 0.15) is 64.9 Å². The fourth-order valence-corrected chi connectivity index (χ4v) is 5.44. The van der Waals surface area contributed by atoms with Crippen molar-refractivity contribution in [3.8, 4) is 22.5 Å². The van der Waals surface area contributed by atoms with Crippen LogP contribution in [0.15, 0.2) is 65.3 Å². The lowest BCUT2D eigenvalue weighted by Crippen LogP contribution is -2.39. The summed E-state index contributed by atoms with van der Waals surface area (Å²) in [6.45, 7) is 9.04. The van der Waals surface area contributed by atoms with Gasteiger partial charge in [-0.1, -0.05) is 68.8 Å². The second kappa shape index (κ2) is 12.4. The standard InChI is InChI=1S/C31H39N7O/c1-4-5-10-29-32-23(3)26(19-30(39)37-17-15-22(2)16-18-37)21-38(29)20-24-11-13-25(14-12-24)27-8-6-7-9-28(27)31-33-35-36-34-31/h6-9,11-14,21-22,29H,4-5,10,15-20H2,1-3H3,(H,33,34,35,36). The van der Waals surface area contributed by atoms with E-state index < -0.39 is 0 Å².